The molecule has 120 valence electrons. The van der Waals surface area contributed by atoms with E-state index in [4.69, 9.17) is 0 Å². The molecule has 1 aromatic heterocycles. The molecule has 0 bridgehead atoms. The van der Waals surface area contributed by atoms with Crippen LogP contribution in [-0.4, -0.2) is 15.3 Å². The van der Waals surface area contributed by atoms with E-state index in [1.165, 1.54) is 44.9 Å². The molecule has 1 atom stereocenters. The first-order valence-electron chi connectivity index (χ1n) is 8.70. The molecule has 0 saturated carbocycles. The molecule has 1 heterocycles. The highest BCUT2D eigenvalue weighted by Gasteiger charge is 2.13. The third-order valence-corrected chi connectivity index (χ3v) is 4.05. The predicted octanol–water partition coefficient (Wildman–Crippen LogP) is 4.91. The maximum atomic E-state index is 10.4. The van der Waals surface area contributed by atoms with Crippen LogP contribution in [0.3, 0.4) is 0 Å². The minimum absolute atomic E-state index is 0.380. The quantitative estimate of drug-likeness (QED) is 0.589. The van der Waals surface area contributed by atoms with Crippen molar-refractivity contribution in [1.29, 1.82) is 0 Å². The lowest BCUT2D eigenvalue weighted by Gasteiger charge is -2.14. The molecule has 0 aliphatic heterocycles. The molecule has 3 nitrogen and oxygen atoms in total. The van der Waals surface area contributed by atoms with Crippen molar-refractivity contribution in [3.05, 3.63) is 23.0 Å². The van der Waals surface area contributed by atoms with Crippen molar-refractivity contribution in [3.63, 3.8) is 0 Å². The van der Waals surface area contributed by atoms with Gasteiger partial charge in [0.1, 0.15) is 0 Å². The zero-order valence-electron chi connectivity index (χ0n) is 14.1. The monoisotopic (exact) mass is 292 g/mol. The Morgan fingerprint density at radius 3 is 2.19 bits per heavy atom. The summed E-state index contributed by atoms with van der Waals surface area (Å²) < 4.78 is 0. The normalized spacial score (nSPS) is 12.6. The highest BCUT2D eigenvalue weighted by molar-refractivity contribution is 5.23. The maximum Gasteiger partial charge on any atom is 0.0809 e. The molecule has 0 amide bonds. The summed E-state index contributed by atoms with van der Waals surface area (Å²) in [7, 11) is 0. The van der Waals surface area contributed by atoms with E-state index in [0.717, 1.165) is 36.2 Å². The van der Waals surface area contributed by atoms with E-state index in [9.17, 15) is 5.11 Å². The van der Waals surface area contributed by atoms with Gasteiger partial charge in [-0.05, 0) is 25.8 Å². The molecule has 0 saturated heterocycles. The topological polar surface area (TPSA) is 46.0 Å². The van der Waals surface area contributed by atoms with Gasteiger partial charge in [0.15, 0.2) is 0 Å². The van der Waals surface area contributed by atoms with Gasteiger partial charge in [-0.25, -0.2) is 0 Å². The van der Waals surface area contributed by atoms with Crippen molar-refractivity contribution in [1.82, 2.24) is 10.2 Å². The van der Waals surface area contributed by atoms with Crippen LogP contribution in [0.4, 0.5) is 0 Å². The summed E-state index contributed by atoms with van der Waals surface area (Å²) in [6.07, 6.45) is 11.7. The summed E-state index contributed by atoms with van der Waals surface area (Å²) in [5.41, 5.74) is 2.80. The Bertz CT molecular complexity index is 393. The molecular weight excluding hydrogens is 260 g/mol. The summed E-state index contributed by atoms with van der Waals surface area (Å²) in [6.45, 7) is 6.24. The first-order chi connectivity index (χ1) is 10.2. The highest BCUT2D eigenvalue weighted by Crippen LogP contribution is 2.23. The molecule has 0 spiro atoms. The number of aliphatic hydroxyl groups is 1. The van der Waals surface area contributed by atoms with Gasteiger partial charge < -0.3 is 5.11 Å². The van der Waals surface area contributed by atoms with Gasteiger partial charge in [0.2, 0.25) is 0 Å². The van der Waals surface area contributed by atoms with Crippen LogP contribution in [0.5, 0.6) is 0 Å². The largest absolute Gasteiger partial charge is 0.388 e. The van der Waals surface area contributed by atoms with Crippen LogP contribution in [0.15, 0.2) is 6.07 Å². The number of hydrogen-bond donors (Lipinski definition) is 1. The smallest absolute Gasteiger partial charge is 0.0809 e. The van der Waals surface area contributed by atoms with Gasteiger partial charge in [0.25, 0.3) is 0 Å². The standard InChI is InChI=1S/C18H32N2O/c1-4-6-7-8-9-10-11-12-13-18(21)16-14-15(3)19-20-17(16)5-2/h14,18,21H,4-13H2,1-3H3. The molecule has 1 aromatic rings. The van der Waals surface area contributed by atoms with Crippen LogP contribution >= 0.6 is 0 Å². The SMILES string of the molecule is CCCCCCCCCCC(O)c1cc(C)nnc1CC. The summed E-state index contributed by atoms with van der Waals surface area (Å²) in [5.74, 6) is 0. The van der Waals surface area contributed by atoms with Crippen molar-refractivity contribution in [2.75, 3.05) is 0 Å². The Labute approximate surface area is 130 Å². The molecule has 21 heavy (non-hydrogen) atoms. The molecule has 0 aliphatic carbocycles. The van der Waals surface area contributed by atoms with Crippen LogP contribution in [0.1, 0.15) is 94.7 Å². The van der Waals surface area contributed by atoms with E-state index >= 15 is 0 Å². The van der Waals surface area contributed by atoms with Crippen molar-refractivity contribution < 1.29 is 5.11 Å². The fraction of sp³-hybridized carbons (Fsp3) is 0.778. The summed E-state index contributed by atoms with van der Waals surface area (Å²) >= 11 is 0. The predicted molar refractivity (Wildman–Crippen MR) is 88.3 cm³/mol. The van der Waals surface area contributed by atoms with Crippen molar-refractivity contribution in [3.8, 4) is 0 Å². The van der Waals surface area contributed by atoms with Gasteiger partial charge in [-0.1, -0.05) is 65.2 Å². The van der Waals surface area contributed by atoms with Crippen LogP contribution in [0, 0.1) is 6.92 Å². The first-order valence-corrected chi connectivity index (χ1v) is 8.70. The molecule has 1 rings (SSSR count). The van der Waals surface area contributed by atoms with E-state index < -0.39 is 0 Å². The lowest BCUT2D eigenvalue weighted by Crippen LogP contribution is -2.06. The van der Waals surface area contributed by atoms with Crippen LogP contribution in [0.2, 0.25) is 0 Å². The Kier molecular flexibility index (Phi) is 9.24. The van der Waals surface area contributed by atoms with E-state index in [0.29, 0.717) is 0 Å². The van der Waals surface area contributed by atoms with E-state index in [1.807, 2.05) is 13.0 Å². The molecule has 1 N–H and O–H groups in total. The second kappa shape index (κ2) is 10.7. The van der Waals surface area contributed by atoms with Gasteiger partial charge in [0, 0.05) is 5.56 Å². The second-order valence-electron chi connectivity index (χ2n) is 6.02. The van der Waals surface area contributed by atoms with Gasteiger partial charge in [-0.3, -0.25) is 0 Å². The van der Waals surface area contributed by atoms with E-state index in [-0.39, 0.29) is 6.10 Å². The van der Waals surface area contributed by atoms with Crippen molar-refractivity contribution >= 4 is 0 Å². The third kappa shape index (κ3) is 7.03. The summed E-state index contributed by atoms with van der Waals surface area (Å²) in [6, 6.07) is 1.99. The number of aryl methyl sites for hydroxylation is 2. The number of unbranched alkanes of at least 4 members (excludes halogenated alkanes) is 7. The minimum Gasteiger partial charge on any atom is -0.388 e. The van der Waals surface area contributed by atoms with E-state index in [2.05, 4.69) is 24.0 Å². The Balaban J connectivity index is 2.24. The fourth-order valence-corrected chi connectivity index (χ4v) is 2.72. The van der Waals surface area contributed by atoms with Crippen molar-refractivity contribution in [2.45, 2.75) is 91.1 Å². The Morgan fingerprint density at radius 1 is 0.952 bits per heavy atom. The average Bonchev–Trinajstić information content (AvgIpc) is 2.49. The lowest BCUT2D eigenvalue weighted by atomic mass is 9.99. The van der Waals surface area contributed by atoms with Crippen molar-refractivity contribution in [2.24, 2.45) is 0 Å². The van der Waals surface area contributed by atoms with Crippen LogP contribution in [0.25, 0.3) is 0 Å². The number of rotatable bonds is 11. The number of nitrogens with zero attached hydrogens (tertiary/aromatic N) is 2. The number of aromatic nitrogens is 2. The first kappa shape index (κ1) is 18.1. The zero-order chi connectivity index (χ0) is 15.5. The molecule has 0 radical (unpaired) electrons. The fourth-order valence-electron chi connectivity index (χ4n) is 2.72. The molecule has 0 fully saturated rings. The van der Waals surface area contributed by atoms with E-state index in [1.54, 1.807) is 0 Å². The Hall–Kier alpha value is -0.960. The highest BCUT2D eigenvalue weighted by atomic mass is 16.3. The second-order valence-corrected chi connectivity index (χ2v) is 6.02. The maximum absolute atomic E-state index is 10.4. The molecular formula is C18H32N2O. The summed E-state index contributed by atoms with van der Waals surface area (Å²) in [5, 5.41) is 18.6. The third-order valence-electron chi connectivity index (χ3n) is 4.05. The molecule has 0 aromatic carbocycles. The van der Waals surface area contributed by atoms with Crippen LogP contribution in [-0.2, 0) is 6.42 Å². The van der Waals surface area contributed by atoms with Crippen LogP contribution < -0.4 is 0 Å². The minimum atomic E-state index is -0.380. The lowest BCUT2D eigenvalue weighted by molar-refractivity contribution is 0.161. The molecule has 3 heteroatoms. The number of hydrogen-bond acceptors (Lipinski definition) is 3. The number of aliphatic hydroxyl groups excluding tert-OH is 1. The van der Waals surface area contributed by atoms with Gasteiger partial charge in [-0.15, -0.1) is 0 Å². The molecule has 0 aliphatic rings. The average molecular weight is 292 g/mol. The Morgan fingerprint density at radius 2 is 1.57 bits per heavy atom. The molecule has 1 unspecified atom stereocenters. The summed E-state index contributed by atoms with van der Waals surface area (Å²) in [4.78, 5) is 0. The zero-order valence-corrected chi connectivity index (χ0v) is 14.1. The van der Waals surface area contributed by atoms with Gasteiger partial charge in [0.05, 0.1) is 17.5 Å². The van der Waals surface area contributed by atoms with Gasteiger partial charge >= 0.3 is 0 Å². The van der Waals surface area contributed by atoms with Gasteiger partial charge in [-0.2, -0.15) is 10.2 Å².